The summed E-state index contributed by atoms with van der Waals surface area (Å²) in [4.78, 5) is 2.73. The van der Waals surface area contributed by atoms with Gasteiger partial charge >= 0.3 is 0 Å². The lowest BCUT2D eigenvalue weighted by molar-refractivity contribution is 0.181. The monoisotopic (exact) mass is 293 g/mol. The molecule has 22 heavy (non-hydrogen) atoms. The molecule has 1 saturated carbocycles. The van der Waals surface area contributed by atoms with Gasteiger partial charge in [0.2, 0.25) is 0 Å². The lowest BCUT2D eigenvalue weighted by atomic mass is 9.73. The number of hydrogen-bond donors (Lipinski definition) is 0. The zero-order valence-electron chi connectivity index (χ0n) is 13.7. The van der Waals surface area contributed by atoms with Crippen LogP contribution in [-0.2, 0) is 6.54 Å². The van der Waals surface area contributed by atoms with E-state index in [0.717, 1.165) is 12.6 Å². The number of fused-ring (bicyclic) bond motifs is 1. The second kappa shape index (κ2) is 5.70. The van der Waals surface area contributed by atoms with Crippen molar-refractivity contribution >= 4 is 10.8 Å². The van der Waals surface area contributed by atoms with Crippen molar-refractivity contribution in [1.82, 2.24) is 4.90 Å². The lowest BCUT2D eigenvalue weighted by Crippen LogP contribution is -2.30. The highest BCUT2D eigenvalue weighted by Crippen LogP contribution is 2.46. The zero-order valence-corrected chi connectivity index (χ0v) is 13.7. The highest BCUT2D eigenvalue weighted by molar-refractivity contribution is 5.82. The molecule has 2 aliphatic rings. The van der Waals surface area contributed by atoms with Crippen molar-refractivity contribution in [3.05, 3.63) is 48.0 Å². The number of hydrogen-bond acceptors (Lipinski definition) is 1. The van der Waals surface area contributed by atoms with Crippen molar-refractivity contribution in [2.75, 3.05) is 6.54 Å². The summed E-state index contributed by atoms with van der Waals surface area (Å²) < 4.78 is 0. The summed E-state index contributed by atoms with van der Waals surface area (Å²) in [7, 11) is 0. The third-order valence-corrected chi connectivity index (χ3v) is 6.00. The molecule has 0 amide bonds. The topological polar surface area (TPSA) is 3.24 Å². The second-order valence-electron chi connectivity index (χ2n) is 7.70. The predicted molar refractivity (Wildman–Crippen MR) is 94.0 cm³/mol. The minimum Gasteiger partial charge on any atom is -0.296 e. The highest BCUT2D eigenvalue weighted by atomic mass is 15.2. The molecule has 116 valence electrons. The quantitative estimate of drug-likeness (QED) is 0.718. The Kier molecular flexibility index (Phi) is 3.69. The van der Waals surface area contributed by atoms with Gasteiger partial charge < -0.3 is 0 Å². The van der Waals surface area contributed by atoms with Crippen LogP contribution in [0.3, 0.4) is 0 Å². The fourth-order valence-electron chi connectivity index (χ4n) is 4.85. The van der Waals surface area contributed by atoms with Crippen LogP contribution in [0.5, 0.6) is 0 Å². The Labute approximate surface area is 134 Å². The van der Waals surface area contributed by atoms with Crippen molar-refractivity contribution < 1.29 is 0 Å². The number of rotatable bonds is 2. The van der Waals surface area contributed by atoms with Gasteiger partial charge in [-0.3, -0.25) is 4.90 Å². The molecule has 0 N–H and O–H groups in total. The molecule has 1 aliphatic carbocycles. The maximum Gasteiger partial charge on any atom is 0.0237 e. The van der Waals surface area contributed by atoms with Gasteiger partial charge in [0.25, 0.3) is 0 Å². The van der Waals surface area contributed by atoms with E-state index < -0.39 is 0 Å². The first-order chi connectivity index (χ1) is 10.7. The Morgan fingerprint density at radius 3 is 2.59 bits per heavy atom. The number of likely N-dealkylation sites (tertiary alicyclic amines) is 1. The lowest BCUT2D eigenvalue weighted by Gasteiger charge is -2.33. The molecule has 1 aliphatic heterocycles. The molecular formula is C21H27N. The molecule has 1 heteroatoms. The third-order valence-electron chi connectivity index (χ3n) is 6.00. The van der Waals surface area contributed by atoms with Crippen LogP contribution in [0.25, 0.3) is 10.8 Å². The van der Waals surface area contributed by atoms with Crippen molar-refractivity contribution in [2.24, 2.45) is 5.41 Å². The highest BCUT2D eigenvalue weighted by Gasteiger charge is 2.42. The molecule has 1 atom stereocenters. The van der Waals surface area contributed by atoms with Gasteiger partial charge in [-0.1, -0.05) is 55.7 Å². The SMILES string of the molecule is CC1CC2(CCCCC2)CN1Cc1ccc2ccccc2c1. The molecule has 1 spiro atoms. The van der Waals surface area contributed by atoms with E-state index in [1.54, 1.807) is 0 Å². The molecule has 2 fully saturated rings. The summed E-state index contributed by atoms with van der Waals surface area (Å²) in [5.41, 5.74) is 2.12. The zero-order chi connectivity index (χ0) is 15.0. The van der Waals surface area contributed by atoms with E-state index in [-0.39, 0.29) is 0 Å². The van der Waals surface area contributed by atoms with Crippen LogP contribution in [0.15, 0.2) is 42.5 Å². The molecule has 2 aromatic rings. The van der Waals surface area contributed by atoms with Crippen molar-refractivity contribution in [1.29, 1.82) is 0 Å². The molecule has 1 saturated heterocycles. The Balaban J connectivity index is 1.52. The van der Waals surface area contributed by atoms with Gasteiger partial charge in [-0.15, -0.1) is 0 Å². The van der Waals surface area contributed by atoms with Gasteiger partial charge in [0.15, 0.2) is 0 Å². The van der Waals surface area contributed by atoms with Crippen molar-refractivity contribution in [3.63, 3.8) is 0 Å². The molecule has 1 heterocycles. The Hall–Kier alpha value is -1.34. The first kappa shape index (κ1) is 14.3. The second-order valence-corrected chi connectivity index (χ2v) is 7.70. The van der Waals surface area contributed by atoms with E-state index in [0.29, 0.717) is 5.41 Å². The summed E-state index contributed by atoms with van der Waals surface area (Å²) in [5.74, 6) is 0. The van der Waals surface area contributed by atoms with Crippen LogP contribution in [0, 0.1) is 5.41 Å². The van der Waals surface area contributed by atoms with E-state index in [1.807, 2.05) is 0 Å². The summed E-state index contributed by atoms with van der Waals surface area (Å²) >= 11 is 0. The summed E-state index contributed by atoms with van der Waals surface area (Å²) in [6.45, 7) is 4.87. The van der Waals surface area contributed by atoms with E-state index in [2.05, 4.69) is 54.3 Å². The molecule has 2 aromatic carbocycles. The molecule has 0 radical (unpaired) electrons. The largest absolute Gasteiger partial charge is 0.296 e. The van der Waals surface area contributed by atoms with E-state index in [4.69, 9.17) is 0 Å². The fourth-order valence-corrected chi connectivity index (χ4v) is 4.85. The van der Waals surface area contributed by atoms with Gasteiger partial charge in [-0.05, 0) is 54.0 Å². The van der Waals surface area contributed by atoms with Gasteiger partial charge in [0, 0.05) is 19.1 Å². The maximum atomic E-state index is 2.73. The standard InChI is InChI=1S/C21H27N/c1-17-14-21(11-5-2-6-12-21)16-22(17)15-18-9-10-19-7-3-4-8-20(19)13-18/h3-4,7-10,13,17H,2,5-6,11-12,14-16H2,1H3. The molecule has 0 bridgehead atoms. The van der Waals surface area contributed by atoms with Crippen molar-refractivity contribution in [2.45, 2.75) is 58.0 Å². The first-order valence-electron chi connectivity index (χ1n) is 8.96. The van der Waals surface area contributed by atoms with E-state index in [9.17, 15) is 0 Å². The van der Waals surface area contributed by atoms with E-state index in [1.165, 1.54) is 61.4 Å². The molecule has 4 rings (SSSR count). The Morgan fingerprint density at radius 2 is 1.77 bits per heavy atom. The van der Waals surface area contributed by atoms with E-state index >= 15 is 0 Å². The van der Waals surface area contributed by atoms with Gasteiger partial charge in [0.05, 0.1) is 0 Å². The van der Waals surface area contributed by atoms with Gasteiger partial charge in [-0.2, -0.15) is 0 Å². The molecule has 1 nitrogen and oxygen atoms in total. The minimum absolute atomic E-state index is 0.647. The van der Waals surface area contributed by atoms with Crippen molar-refractivity contribution in [3.8, 4) is 0 Å². The minimum atomic E-state index is 0.647. The normalized spacial score (nSPS) is 25.0. The third kappa shape index (κ3) is 2.67. The number of benzene rings is 2. The van der Waals surface area contributed by atoms with Crippen LogP contribution >= 0.6 is 0 Å². The first-order valence-corrected chi connectivity index (χ1v) is 8.96. The van der Waals surface area contributed by atoms with Crippen LogP contribution < -0.4 is 0 Å². The Bertz CT molecular complexity index is 654. The average molecular weight is 293 g/mol. The average Bonchev–Trinajstić information content (AvgIpc) is 2.83. The molecular weight excluding hydrogens is 266 g/mol. The van der Waals surface area contributed by atoms with Crippen LogP contribution in [0.1, 0.15) is 51.0 Å². The van der Waals surface area contributed by atoms with Gasteiger partial charge in [-0.25, -0.2) is 0 Å². The summed E-state index contributed by atoms with van der Waals surface area (Å²) in [5, 5.41) is 2.73. The van der Waals surface area contributed by atoms with Crippen LogP contribution in [0.2, 0.25) is 0 Å². The van der Waals surface area contributed by atoms with Crippen LogP contribution in [0.4, 0.5) is 0 Å². The molecule has 0 aromatic heterocycles. The van der Waals surface area contributed by atoms with Crippen LogP contribution in [-0.4, -0.2) is 17.5 Å². The summed E-state index contributed by atoms with van der Waals surface area (Å²) in [6.07, 6.45) is 8.71. The predicted octanol–water partition coefficient (Wildman–Crippen LogP) is 5.38. The fraction of sp³-hybridized carbons (Fsp3) is 0.524. The Morgan fingerprint density at radius 1 is 1.00 bits per heavy atom. The molecule has 1 unspecified atom stereocenters. The van der Waals surface area contributed by atoms with Gasteiger partial charge in [0.1, 0.15) is 0 Å². The smallest absolute Gasteiger partial charge is 0.0237 e. The number of nitrogens with zero attached hydrogens (tertiary/aromatic N) is 1. The maximum absolute atomic E-state index is 2.73. The summed E-state index contributed by atoms with van der Waals surface area (Å²) in [6, 6.07) is 16.4.